The number of methoxy groups -OCH3 is 2. The van der Waals surface area contributed by atoms with Crippen LogP contribution in [0.2, 0.25) is 0 Å². The molecule has 0 aliphatic carbocycles. The van der Waals surface area contributed by atoms with Crippen molar-refractivity contribution in [2.45, 2.75) is 18.7 Å². The first-order valence-electron chi connectivity index (χ1n) is 10.2. The minimum atomic E-state index is -0.839. The molecule has 0 aromatic heterocycles. The van der Waals surface area contributed by atoms with Crippen LogP contribution in [0.5, 0.6) is 17.2 Å². The standard InChI is InChI=1S/C25H21BrN2O4/c1-30-22-12-9-16(13-23(22)31-2)19-14-20-18-5-3-4-6-21(18)32-25(28(20)27-19)24(29)15-7-10-17(26)11-8-15/h3-13,20,25H,14H2,1-2H3/t20-,25+/m1/s1. The zero-order chi connectivity index (χ0) is 22.2. The lowest BCUT2D eigenvalue weighted by molar-refractivity contribution is -0.00455. The highest BCUT2D eigenvalue weighted by Crippen LogP contribution is 2.44. The van der Waals surface area contributed by atoms with Crippen molar-refractivity contribution >= 4 is 27.4 Å². The Morgan fingerprint density at radius 3 is 2.53 bits per heavy atom. The summed E-state index contributed by atoms with van der Waals surface area (Å²) in [5, 5.41) is 6.64. The van der Waals surface area contributed by atoms with Crippen LogP contribution in [-0.2, 0) is 0 Å². The number of hydrogen-bond donors (Lipinski definition) is 0. The maximum Gasteiger partial charge on any atom is 0.251 e. The quantitative estimate of drug-likeness (QED) is 0.457. The molecule has 3 aromatic rings. The van der Waals surface area contributed by atoms with Gasteiger partial charge >= 0.3 is 0 Å². The Morgan fingerprint density at radius 1 is 1.03 bits per heavy atom. The second kappa shape index (κ2) is 8.31. The second-order valence-corrected chi connectivity index (χ2v) is 8.51. The first kappa shape index (κ1) is 20.6. The zero-order valence-corrected chi connectivity index (χ0v) is 19.2. The van der Waals surface area contributed by atoms with Gasteiger partial charge in [-0.2, -0.15) is 5.10 Å². The van der Waals surface area contributed by atoms with Crippen molar-refractivity contribution < 1.29 is 19.0 Å². The fourth-order valence-electron chi connectivity index (χ4n) is 4.15. The van der Waals surface area contributed by atoms with Gasteiger partial charge in [0.1, 0.15) is 5.75 Å². The Bertz CT molecular complexity index is 1210. The molecule has 0 saturated heterocycles. The number of hydrazone groups is 1. The summed E-state index contributed by atoms with van der Waals surface area (Å²) in [5.41, 5.74) is 3.38. The number of ketones is 1. The smallest absolute Gasteiger partial charge is 0.251 e. The first-order valence-corrected chi connectivity index (χ1v) is 11.0. The van der Waals surface area contributed by atoms with Gasteiger partial charge in [0.2, 0.25) is 5.78 Å². The van der Waals surface area contributed by atoms with Gasteiger partial charge in [0, 0.05) is 27.6 Å². The number of hydrogen-bond acceptors (Lipinski definition) is 6. The van der Waals surface area contributed by atoms with Gasteiger partial charge in [-0.15, -0.1) is 0 Å². The van der Waals surface area contributed by atoms with Crippen LogP contribution in [0.3, 0.4) is 0 Å². The van der Waals surface area contributed by atoms with E-state index in [0.29, 0.717) is 29.2 Å². The SMILES string of the molecule is COc1ccc(C2=NN3[C@H](C2)c2ccccc2O[C@H]3C(=O)c2ccc(Br)cc2)cc1OC. The minimum Gasteiger partial charge on any atom is -0.493 e. The van der Waals surface area contributed by atoms with E-state index >= 15 is 0 Å². The lowest BCUT2D eigenvalue weighted by Gasteiger charge is -2.37. The van der Waals surface area contributed by atoms with Gasteiger partial charge in [0.05, 0.1) is 26.0 Å². The maximum atomic E-state index is 13.4. The molecule has 7 heteroatoms. The summed E-state index contributed by atoms with van der Waals surface area (Å²) >= 11 is 3.42. The van der Waals surface area contributed by atoms with Crippen LogP contribution < -0.4 is 14.2 Å². The fourth-order valence-corrected chi connectivity index (χ4v) is 4.42. The van der Waals surface area contributed by atoms with Gasteiger partial charge in [-0.25, -0.2) is 5.01 Å². The van der Waals surface area contributed by atoms with Gasteiger partial charge < -0.3 is 14.2 Å². The van der Waals surface area contributed by atoms with Crippen molar-refractivity contribution in [1.82, 2.24) is 5.01 Å². The maximum absolute atomic E-state index is 13.4. The van der Waals surface area contributed by atoms with Gasteiger partial charge in [-0.1, -0.05) is 46.3 Å². The van der Waals surface area contributed by atoms with Gasteiger partial charge in [0.15, 0.2) is 11.5 Å². The molecule has 2 aliphatic rings. The highest BCUT2D eigenvalue weighted by Gasteiger charge is 2.43. The van der Waals surface area contributed by atoms with Crippen LogP contribution in [0, 0.1) is 0 Å². The van der Waals surface area contributed by atoms with Crippen LogP contribution in [0.15, 0.2) is 76.3 Å². The molecule has 2 atom stereocenters. The average molecular weight is 493 g/mol. The third-order valence-corrected chi connectivity index (χ3v) is 6.30. The minimum absolute atomic E-state index is 0.0903. The van der Waals surface area contributed by atoms with E-state index in [2.05, 4.69) is 15.9 Å². The Labute approximate surface area is 194 Å². The van der Waals surface area contributed by atoms with E-state index in [1.54, 1.807) is 31.4 Å². The number of fused-ring (bicyclic) bond motifs is 3. The number of Topliss-reactive ketones (excluding diaryl/α,β-unsaturated/α-hetero) is 1. The van der Waals surface area contributed by atoms with Crippen LogP contribution in [0.1, 0.15) is 33.9 Å². The molecule has 0 unspecified atom stereocenters. The number of ether oxygens (including phenoxy) is 3. The number of nitrogens with zero attached hydrogens (tertiary/aromatic N) is 2. The summed E-state index contributed by atoms with van der Waals surface area (Å²) in [6.45, 7) is 0. The molecule has 2 aliphatic heterocycles. The van der Waals surface area contributed by atoms with Crippen molar-refractivity contribution in [2.75, 3.05) is 14.2 Å². The lowest BCUT2D eigenvalue weighted by Crippen LogP contribution is -2.45. The summed E-state index contributed by atoms with van der Waals surface area (Å²) in [6.07, 6.45) is -0.186. The summed E-state index contributed by atoms with van der Waals surface area (Å²) in [6, 6.07) is 20.8. The molecule has 3 aromatic carbocycles. The highest BCUT2D eigenvalue weighted by molar-refractivity contribution is 9.10. The third kappa shape index (κ3) is 3.52. The van der Waals surface area contributed by atoms with Crippen molar-refractivity contribution in [2.24, 2.45) is 5.10 Å². The van der Waals surface area contributed by atoms with Gasteiger partial charge in [-0.3, -0.25) is 4.79 Å². The lowest BCUT2D eigenvalue weighted by atomic mass is 9.95. The molecule has 0 N–H and O–H groups in total. The molecule has 0 fully saturated rings. The summed E-state index contributed by atoms with van der Waals surface area (Å²) in [5.74, 6) is 1.88. The average Bonchev–Trinajstić information content (AvgIpc) is 3.29. The van der Waals surface area contributed by atoms with Crippen LogP contribution in [0.25, 0.3) is 0 Å². The summed E-state index contributed by atoms with van der Waals surface area (Å²) in [7, 11) is 3.22. The molecule has 0 bridgehead atoms. The number of halogens is 1. The molecular weight excluding hydrogens is 472 g/mol. The topological polar surface area (TPSA) is 60.4 Å². The summed E-state index contributed by atoms with van der Waals surface area (Å²) in [4.78, 5) is 13.4. The third-order valence-electron chi connectivity index (χ3n) is 5.77. The number of carbonyl (C=O) groups excluding carboxylic acids is 1. The van der Waals surface area contributed by atoms with Crippen LogP contribution in [-0.4, -0.2) is 37.0 Å². The van der Waals surface area contributed by atoms with E-state index in [1.165, 1.54) is 0 Å². The van der Waals surface area contributed by atoms with E-state index in [0.717, 1.165) is 21.3 Å². The Morgan fingerprint density at radius 2 is 1.78 bits per heavy atom. The molecule has 162 valence electrons. The largest absolute Gasteiger partial charge is 0.493 e. The van der Waals surface area contributed by atoms with Gasteiger partial charge in [0.25, 0.3) is 6.23 Å². The predicted molar refractivity (Wildman–Crippen MR) is 125 cm³/mol. The first-order chi connectivity index (χ1) is 15.6. The van der Waals surface area contributed by atoms with E-state index in [9.17, 15) is 4.79 Å². The monoisotopic (exact) mass is 492 g/mol. The van der Waals surface area contributed by atoms with Crippen molar-refractivity contribution in [1.29, 1.82) is 0 Å². The normalized spacial score (nSPS) is 18.8. The van der Waals surface area contributed by atoms with E-state index < -0.39 is 6.23 Å². The number of benzene rings is 3. The Balaban J connectivity index is 1.55. The molecular formula is C25H21BrN2O4. The molecule has 0 spiro atoms. The van der Waals surface area contributed by atoms with Crippen molar-refractivity contribution in [3.05, 3.63) is 87.9 Å². The molecule has 0 radical (unpaired) electrons. The number of carbonyl (C=O) groups is 1. The number of para-hydroxylation sites is 1. The molecule has 5 rings (SSSR count). The molecule has 6 nitrogen and oxygen atoms in total. The molecule has 32 heavy (non-hydrogen) atoms. The number of rotatable bonds is 5. The van der Waals surface area contributed by atoms with Crippen LogP contribution >= 0.6 is 15.9 Å². The Hall–Kier alpha value is -3.32. The highest BCUT2D eigenvalue weighted by atomic mass is 79.9. The zero-order valence-electron chi connectivity index (χ0n) is 17.6. The van der Waals surface area contributed by atoms with Gasteiger partial charge in [-0.05, 0) is 36.4 Å². The second-order valence-electron chi connectivity index (χ2n) is 7.60. The fraction of sp³-hybridized carbons (Fsp3) is 0.200. The predicted octanol–water partition coefficient (Wildman–Crippen LogP) is 5.22. The van der Waals surface area contributed by atoms with Crippen molar-refractivity contribution in [3.8, 4) is 17.2 Å². The van der Waals surface area contributed by atoms with E-state index in [-0.39, 0.29) is 11.8 Å². The molecule has 0 amide bonds. The van der Waals surface area contributed by atoms with Crippen LogP contribution in [0.4, 0.5) is 0 Å². The van der Waals surface area contributed by atoms with E-state index in [1.807, 2.05) is 54.6 Å². The summed E-state index contributed by atoms with van der Waals surface area (Å²) < 4.78 is 17.9. The van der Waals surface area contributed by atoms with Crippen molar-refractivity contribution in [3.63, 3.8) is 0 Å². The molecule has 2 heterocycles. The Kier molecular flexibility index (Phi) is 5.35. The molecule has 0 saturated carbocycles. The van der Waals surface area contributed by atoms with E-state index in [4.69, 9.17) is 19.3 Å².